The minimum atomic E-state index is -0.152. The smallest absolute Gasteiger partial charge is 0.282 e. The summed E-state index contributed by atoms with van der Waals surface area (Å²) in [5, 5.41) is 10.8. The number of hydrogen-bond donors (Lipinski definition) is 1. The van der Waals surface area contributed by atoms with Gasteiger partial charge in [0.15, 0.2) is 0 Å². The lowest BCUT2D eigenvalue weighted by Gasteiger charge is -2.34. The predicted molar refractivity (Wildman–Crippen MR) is 68.4 cm³/mol. The number of rotatable bonds is 2. The Morgan fingerprint density at radius 2 is 2.18 bits per heavy atom. The Morgan fingerprint density at radius 1 is 1.41 bits per heavy atom. The van der Waals surface area contributed by atoms with Crippen LogP contribution in [0.3, 0.4) is 0 Å². The molecule has 3 atom stereocenters. The van der Waals surface area contributed by atoms with Crippen LogP contribution >= 0.6 is 22.9 Å². The van der Waals surface area contributed by atoms with Crippen LogP contribution in [-0.4, -0.2) is 22.1 Å². The van der Waals surface area contributed by atoms with Crippen LogP contribution in [0.5, 0.6) is 0 Å². The maximum atomic E-state index is 11.9. The third-order valence-corrected chi connectivity index (χ3v) is 4.64. The van der Waals surface area contributed by atoms with E-state index in [2.05, 4.69) is 29.4 Å². The Balaban J connectivity index is 1.98. The number of hydrogen-bond acceptors (Lipinski definition) is 4. The molecule has 0 aliphatic heterocycles. The lowest BCUT2D eigenvalue weighted by molar-refractivity contribution is 0.0890. The number of carbonyl (C=O) groups excluding carboxylic acids is 1. The van der Waals surface area contributed by atoms with E-state index in [1.807, 2.05) is 0 Å². The normalized spacial score (nSPS) is 29.0. The van der Waals surface area contributed by atoms with Crippen molar-refractivity contribution in [1.82, 2.24) is 15.5 Å². The van der Waals surface area contributed by atoms with E-state index in [4.69, 9.17) is 11.6 Å². The van der Waals surface area contributed by atoms with Crippen molar-refractivity contribution in [2.24, 2.45) is 11.8 Å². The van der Waals surface area contributed by atoms with Crippen LogP contribution in [0.2, 0.25) is 4.47 Å². The van der Waals surface area contributed by atoms with Crippen molar-refractivity contribution in [3.63, 3.8) is 0 Å². The largest absolute Gasteiger partial charge is 0.347 e. The van der Waals surface area contributed by atoms with Crippen LogP contribution in [0.4, 0.5) is 0 Å². The summed E-state index contributed by atoms with van der Waals surface area (Å²) in [6.45, 7) is 4.44. The Hall–Kier alpha value is -0.680. The minimum absolute atomic E-state index is 0.152. The molecule has 1 aliphatic rings. The van der Waals surface area contributed by atoms with Crippen LogP contribution in [0.15, 0.2) is 0 Å². The minimum Gasteiger partial charge on any atom is -0.347 e. The van der Waals surface area contributed by atoms with Crippen LogP contribution in [0.1, 0.15) is 42.9 Å². The number of halogens is 1. The zero-order valence-corrected chi connectivity index (χ0v) is 11.5. The number of carbonyl (C=O) groups is 1. The Kier molecular flexibility index (Phi) is 3.99. The topological polar surface area (TPSA) is 54.9 Å². The van der Waals surface area contributed by atoms with Gasteiger partial charge >= 0.3 is 0 Å². The first-order valence-corrected chi connectivity index (χ1v) is 7.07. The van der Waals surface area contributed by atoms with E-state index in [0.717, 1.165) is 17.8 Å². The quantitative estimate of drug-likeness (QED) is 0.901. The second kappa shape index (κ2) is 5.31. The molecule has 0 bridgehead atoms. The van der Waals surface area contributed by atoms with Gasteiger partial charge in [0.1, 0.15) is 0 Å². The highest BCUT2D eigenvalue weighted by Gasteiger charge is 2.29. The molecule has 1 fully saturated rings. The van der Waals surface area contributed by atoms with Gasteiger partial charge in [-0.2, -0.15) is 0 Å². The summed E-state index contributed by atoms with van der Waals surface area (Å²) < 4.78 is 0.306. The molecule has 94 valence electrons. The van der Waals surface area contributed by atoms with Gasteiger partial charge in [0.25, 0.3) is 5.91 Å². The second-order valence-electron chi connectivity index (χ2n) is 4.71. The van der Waals surface area contributed by atoms with E-state index >= 15 is 0 Å². The molecule has 6 heteroatoms. The fraction of sp³-hybridized carbons (Fsp3) is 0.727. The van der Waals surface area contributed by atoms with E-state index in [9.17, 15) is 4.79 Å². The number of amides is 1. The average Bonchev–Trinajstić information content (AvgIpc) is 2.72. The molecule has 3 unspecified atom stereocenters. The van der Waals surface area contributed by atoms with Crippen molar-refractivity contribution in [1.29, 1.82) is 0 Å². The standard InChI is InChI=1S/C11H16ClN3OS/c1-6-4-3-5-8(7(6)2)13-9(16)10-14-15-11(12)17-10/h6-8H,3-5H2,1-2H3,(H,13,16). The molecular formula is C11H16ClN3OS. The van der Waals surface area contributed by atoms with Crippen molar-refractivity contribution in [2.45, 2.75) is 39.2 Å². The predicted octanol–water partition coefficient (Wildman–Crippen LogP) is 2.75. The van der Waals surface area contributed by atoms with E-state index in [1.165, 1.54) is 12.8 Å². The van der Waals surface area contributed by atoms with Crippen LogP contribution < -0.4 is 5.32 Å². The first kappa shape index (κ1) is 12.8. The molecule has 1 saturated carbocycles. The zero-order valence-electron chi connectivity index (χ0n) is 9.94. The summed E-state index contributed by atoms with van der Waals surface area (Å²) >= 11 is 6.78. The van der Waals surface area contributed by atoms with E-state index in [0.29, 0.717) is 21.3 Å². The Labute approximate surface area is 110 Å². The molecule has 1 heterocycles. The van der Waals surface area contributed by atoms with Crippen molar-refractivity contribution in [3.05, 3.63) is 9.47 Å². The van der Waals surface area contributed by atoms with Gasteiger partial charge in [-0.15, -0.1) is 10.2 Å². The first-order chi connectivity index (χ1) is 8.08. The van der Waals surface area contributed by atoms with Crippen LogP contribution in [0, 0.1) is 11.8 Å². The molecule has 1 amide bonds. The molecule has 4 nitrogen and oxygen atoms in total. The van der Waals surface area contributed by atoms with E-state index in [-0.39, 0.29) is 11.9 Å². The summed E-state index contributed by atoms with van der Waals surface area (Å²) in [6, 6.07) is 0.244. The highest BCUT2D eigenvalue weighted by molar-refractivity contribution is 7.17. The van der Waals surface area contributed by atoms with E-state index in [1.54, 1.807) is 0 Å². The molecule has 1 aromatic rings. The monoisotopic (exact) mass is 273 g/mol. The van der Waals surface area contributed by atoms with Crippen LogP contribution in [-0.2, 0) is 0 Å². The van der Waals surface area contributed by atoms with Gasteiger partial charge in [-0.1, -0.05) is 38.0 Å². The molecular weight excluding hydrogens is 258 g/mol. The highest BCUT2D eigenvalue weighted by atomic mass is 35.5. The van der Waals surface area contributed by atoms with Gasteiger partial charge in [-0.25, -0.2) is 0 Å². The molecule has 1 N–H and O–H groups in total. The van der Waals surface area contributed by atoms with Crippen molar-refractivity contribution >= 4 is 28.8 Å². The van der Waals surface area contributed by atoms with Crippen molar-refractivity contribution in [2.75, 3.05) is 0 Å². The molecule has 1 aromatic heterocycles. The average molecular weight is 274 g/mol. The summed E-state index contributed by atoms with van der Waals surface area (Å²) in [5.74, 6) is 1.02. The molecule has 0 saturated heterocycles. The fourth-order valence-electron chi connectivity index (χ4n) is 2.31. The molecule has 17 heavy (non-hydrogen) atoms. The van der Waals surface area contributed by atoms with Gasteiger partial charge < -0.3 is 5.32 Å². The lowest BCUT2D eigenvalue weighted by atomic mass is 9.78. The Morgan fingerprint density at radius 3 is 2.82 bits per heavy atom. The van der Waals surface area contributed by atoms with Gasteiger partial charge in [-0.3, -0.25) is 4.79 Å². The first-order valence-electron chi connectivity index (χ1n) is 5.88. The zero-order chi connectivity index (χ0) is 12.4. The summed E-state index contributed by atoms with van der Waals surface area (Å²) in [6.07, 6.45) is 3.47. The van der Waals surface area contributed by atoms with Gasteiger partial charge in [0, 0.05) is 6.04 Å². The maximum absolute atomic E-state index is 11.9. The van der Waals surface area contributed by atoms with Crippen molar-refractivity contribution < 1.29 is 4.79 Å². The van der Waals surface area contributed by atoms with Gasteiger partial charge in [0.05, 0.1) is 0 Å². The summed E-state index contributed by atoms with van der Waals surface area (Å²) in [5.41, 5.74) is 0. The molecule has 1 aliphatic carbocycles. The fourth-order valence-corrected chi connectivity index (χ4v) is 3.04. The second-order valence-corrected chi connectivity index (χ2v) is 6.27. The molecule has 2 rings (SSSR count). The number of nitrogens with one attached hydrogen (secondary N) is 1. The lowest BCUT2D eigenvalue weighted by Crippen LogP contribution is -2.43. The SMILES string of the molecule is CC1CCCC(NC(=O)c2nnc(Cl)s2)C1C. The summed E-state index contributed by atoms with van der Waals surface area (Å²) in [7, 11) is 0. The number of aromatic nitrogens is 2. The third kappa shape index (κ3) is 2.96. The maximum Gasteiger partial charge on any atom is 0.282 e. The van der Waals surface area contributed by atoms with Crippen LogP contribution in [0.25, 0.3) is 0 Å². The van der Waals surface area contributed by atoms with Gasteiger partial charge in [0.2, 0.25) is 9.47 Å². The molecule has 0 aromatic carbocycles. The van der Waals surface area contributed by atoms with E-state index < -0.39 is 0 Å². The third-order valence-electron chi connectivity index (χ3n) is 3.62. The summed E-state index contributed by atoms with van der Waals surface area (Å²) in [4.78, 5) is 11.9. The van der Waals surface area contributed by atoms with Gasteiger partial charge in [-0.05, 0) is 29.9 Å². The highest BCUT2D eigenvalue weighted by Crippen LogP contribution is 2.29. The number of nitrogens with zero attached hydrogens (tertiary/aromatic N) is 2. The molecule has 0 spiro atoms. The Bertz CT molecular complexity index is 409. The molecule has 0 radical (unpaired) electrons. The van der Waals surface area contributed by atoms with Crippen molar-refractivity contribution in [3.8, 4) is 0 Å².